The number of ether oxygens (including phenoxy) is 5. The molecule has 2 heterocycles. The second kappa shape index (κ2) is 7.03. The number of carbonyl (C=O) groups is 1. The number of fused-ring (bicyclic) bond motifs is 1. The summed E-state index contributed by atoms with van der Waals surface area (Å²) in [5.41, 5.74) is 0.286. The Morgan fingerprint density at radius 2 is 1.68 bits per heavy atom. The summed E-state index contributed by atoms with van der Waals surface area (Å²) < 4.78 is 29.1. The van der Waals surface area contributed by atoms with Gasteiger partial charge in [0.25, 0.3) is 0 Å². The SMILES string of the molecule is CO[C@@H]1O[C@@H](C)[C@H]2OC(c3ccccc3)O[C@H]2[C@@H]1OC(=O)C(C)(C)C. The number of methoxy groups -OCH3 is 1. The van der Waals surface area contributed by atoms with Crippen molar-refractivity contribution in [1.29, 1.82) is 0 Å². The van der Waals surface area contributed by atoms with Gasteiger partial charge in [-0.25, -0.2) is 0 Å². The smallest absolute Gasteiger partial charge is 0.311 e. The Hall–Kier alpha value is -1.47. The lowest BCUT2D eigenvalue weighted by Gasteiger charge is -2.40. The minimum absolute atomic E-state index is 0.242. The van der Waals surface area contributed by atoms with Crippen molar-refractivity contribution in [2.45, 2.75) is 64.7 Å². The first kappa shape index (κ1) is 18.3. The first-order chi connectivity index (χ1) is 11.8. The topological polar surface area (TPSA) is 63.2 Å². The normalized spacial score (nSPS) is 35.2. The van der Waals surface area contributed by atoms with Gasteiger partial charge in [-0.3, -0.25) is 4.79 Å². The zero-order valence-electron chi connectivity index (χ0n) is 15.3. The van der Waals surface area contributed by atoms with E-state index in [1.807, 2.05) is 37.3 Å². The summed E-state index contributed by atoms with van der Waals surface area (Å²) in [6.07, 6.45) is -2.94. The fourth-order valence-corrected chi connectivity index (χ4v) is 3.02. The molecule has 0 spiro atoms. The van der Waals surface area contributed by atoms with Crippen LogP contribution in [-0.4, -0.2) is 43.8 Å². The van der Waals surface area contributed by atoms with Gasteiger partial charge >= 0.3 is 5.97 Å². The van der Waals surface area contributed by atoms with Crippen LogP contribution in [-0.2, 0) is 28.5 Å². The Bertz CT molecular complexity index is 596. The predicted octanol–water partition coefficient (Wildman–Crippen LogP) is 2.82. The van der Waals surface area contributed by atoms with Crippen LogP contribution < -0.4 is 0 Å². The van der Waals surface area contributed by atoms with Crippen LogP contribution in [0.15, 0.2) is 30.3 Å². The molecular formula is C19H26O6. The highest BCUT2D eigenvalue weighted by atomic mass is 16.8. The average Bonchev–Trinajstić information content (AvgIpc) is 3.03. The Kier molecular flexibility index (Phi) is 5.16. The van der Waals surface area contributed by atoms with E-state index < -0.39 is 30.2 Å². The number of hydrogen-bond donors (Lipinski definition) is 0. The molecule has 0 bridgehead atoms. The maximum absolute atomic E-state index is 12.4. The van der Waals surface area contributed by atoms with E-state index in [4.69, 9.17) is 23.7 Å². The van der Waals surface area contributed by atoms with E-state index in [9.17, 15) is 4.79 Å². The fraction of sp³-hybridized carbons (Fsp3) is 0.632. The highest BCUT2D eigenvalue weighted by molar-refractivity contribution is 5.75. The molecule has 0 N–H and O–H groups in total. The van der Waals surface area contributed by atoms with Gasteiger partial charge in [0.15, 0.2) is 18.7 Å². The molecule has 1 aromatic rings. The minimum atomic E-state index is -0.694. The molecule has 1 unspecified atom stereocenters. The van der Waals surface area contributed by atoms with Crippen molar-refractivity contribution < 1.29 is 28.5 Å². The van der Waals surface area contributed by atoms with Crippen molar-refractivity contribution >= 4 is 5.97 Å². The van der Waals surface area contributed by atoms with Gasteiger partial charge in [0.05, 0.1) is 11.5 Å². The van der Waals surface area contributed by atoms with Crippen LogP contribution >= 0.6 is 0 Å². The lowest BCUT2D eigenvalue weighted by molar-refractivity contribution is -0.273. The number of rotatable bonds is 3. The van der Waals surface area contributed by atoms with E-state index in [0.717, 1.165) is 5.56 Å². The van der Waals surface area contributed by atoms with Crippen molar-refractivity contribution in [3.8, 4) is 0 Å². The molecule has 3 rings (SSSR count). The van der Waals surface area contributed by atoms with E-state index >= 15 is 0 Å². The van der Waals surface area contributed by atoms with Gasteiger partial charge in [-0.15, -0.1) is 0 Å². The summed E-state index contributed by atoms with van der Waals surface area (Å²) >= 11 is 0. The average molecular weight is 350 g/mol. The molecule has 0 radical (unpaired) electrons. The van der Waals surface area contributed by atoms with Crippen LogP contribution in [0.3, 0.4) is 0 Å². The second-order valence-corrected chi connectivity index (χ2v) is 7.51. The fourth-order valence-electron chi connectivity index (χ4n) is 3.02. The van der Waals surface area contributed by atoms with Crippen molar-refractivity contribution in [3.05, 3.63) is 35.9 Å². The molecule has 0 aromatic heterocycles. The Morgan fingerprint density at radius 1 is 1.04 bits per heavy atom. The maximum Gasteiger partial charge on any atom is 0.311 e. The molecular weight excluding hydrogens is 324 g/mol. The highest BCUT2D eigenvalue weighted by Crippen LogP contribution is 2.40. The van der Waals surface area contributed by atoms with Crippen molar-refractivity contribution in [2.24, 2.45) is 5.41 Å². The van der Waals surface area contributed by atoms with E-state index in [2.05, 4.69) is 0 Å². The summed E-state index contributed by atoms with van der Waals surface area (Å²) in [6.45, 7) is 7.32. The zero-order chi connectivity index (χ0) is 18.2. The van der Waals surface area contributed by atoms with E-state index in [1.54, 1.807) is 20.8 Å². The molecule has 0 aliphatic carbocycles. The summed E-state index contributed by atoms with van der Waals surface area (Å²) in [7, 11) is 1.53. The minimum Gasteiger partial charge on any atom is -0.454 e. The van der Waals surface area contributed by atoms with Crippen LogP contribution in [0.2, 0.25) is 0 Å². The van der Waals surface area contributed by atoms with Gasteiger partial charge in [-0.1, -0.05) is 30.3 Å². The van der Waals surface area contributed by atoms with Gasteiger partial charge in [0, 0.05) is 12.7 Å². The number of carbonyl (C=O) groups excluding carboxylic acids is 1. The van der Waals surface area contributed by atoms with Crippen molar-refractivity contribution in [2.75, 3.05) is 7.11 Å². The maximum atomic E-state index is 12.4. The molecule has 2 aliphatic heterocycles. The van der Waals surface area contributed by atoms with Crippen LogP contribution in [0.25, 0.3) is 0 Å². The highest BCUT2D eigenvalue weighted by Gasteiger charge is 2.54. The molecule has 0 amide bonds. The molecule has 2 saturated heterocycles. The van der Waals surface area contributed by atoms with E-state index in [0.29, 0.717) is 0 Å². The summed E-state index contributed by atoms with van der Waals surface area (Å²) in [5.74, 6) is -0.330. The first-order valence-corrected chi connectivity index (χ1v) is 8.56. The third kappa shape index (κ3) is 3.72. The van der Waals surface area contributed by atoms with Crippen molar-refractivity contribution in [3.63, 3.8) is 0 Å². The van der Waals surface area contributed by atoms with Gasteiger partial charge in [0.2, 0.25) is 0 Å². The Labute approximate surface area is 148 Å². The predicted molar refractivity (Wildman–Crippen MR) is 89.6 cm³/mol. The van der Waals surface area contributed by atoms with Gasteiger partial charge in [-0.05, 0) is 27.7 Å². The zero-order valence-corrected chi connectivity index (χ0v) is 15.3. The van der Waals surface area contributed by atoms with E-state index in [1.165, 1.54) is 7.11 Å². The third-order valence-corrected chi connectivity index (χ3v) is 4.45. The second-order valence-electron chi connectivity index (χ2n) is 7.51. The Balaban J connectivity index is 1.82. The van der Waals surface area contributed by atoms with E-state index in [-0.39, 0.29) is 18.2 Å². The largest absolute Gasteiger partial charge is 0.454 e. The lowest BCUT2D eigenvalue weighted by Crippen LogP contribution is -2.57. The van der Waals surface area contributed by atoms with Gasteiger partial charge in [0.1, 0.15) is 12.2 Å². The van der Waals surface area contributed by atoms with Crippen LogP contribution in [0, 0.1) is 5.41 Å². The molecule has 6 heteroatoms. The molecule has 1 aromatic carbocycles. The van der Waals surface area contributed by atoms with Crippen LogP contribution in [0.4, 0.5) is 0 Å². The Morgan fingerprint density at radius 3 is 2.28 bits per heavy atom. The molecule has 6 nitrogen and oxygen atoms in total. The van der Waals surface area contributed by atoms with Gasteiger partial charge < -0.3 is 23.7 Å². The van der Waals surface area contributed by atoms with Crippen LogP contribution in [0.1, 0.15) is 39.5 Å². The molecule has 138 valence electrons. The quantitative estimate of drug-likeness (QED) is 0.781. The third-order valence-electron chi connectivity index (χ3n) is 4.45. The molecule has 2 aliphatic rings. The van der Waals surface area contributed by atoms with Gasteiger partial charge in [-0.2, -0.15) is 0 Å². The number of esters is 1. The standard InChI is InChI=1S/C19H26O6/c1-11-13-14(24-16(23-13)12-9-7-6-8-10-12)15(17(21-5)22-11)25-18(20)19(2,3)4/h6-11,13-17H,1-5H3/t11-,13+,14+,15-,16?,17+/m0/s1. The summed E-state index contributed by atoms with van der Waals surface area (Å²) in [4.78, 5) is 12.4. The summed E-state index contributed by atoms with van der Waals surface area (Å²) in [5, 5.41) is 0. The number of benzene rings is 1. The molecule has 25 heavy (non-hydrogen) atoms. The lowest BCUT2D eigenvalue weighted by atomic mass is 9.96. The molecule has 6 atom stereocenters. The molecule has 2 fully saturated rings. The van der Waals surface area contributed by atoms with Crippen LogP contribution in [0.5, 0.6) is 0 Å². The summed E-state index contributed by atoms with van der Waals surface area (Å²) in [6, 6.07) is 9.68. The monoisotopic (exact) mass is 350 g/mol. The van der Waals surface area contributed by atoms with Crippen molar-refractivity contribution in [1.82, 2.24) is 0 Å². The first-order valence-electron chi connectivity index (χ1n) is 8.56. The number of hydrogen-bond acceptors (Lipinski definition) is 6. The molecule has 0 saturated carbocycles.